The van der Waals surface area contributed by atoms with Crippen molar-refractivity contribution in [2.45, 2.75) is 0 Å². The Morgan fingerprint density at radius 1 is 0.548 bits per heavy atom. The third-order valence-electron chi connectivity index (χ3n) is 6.21. The SMILES string of the molecule is [B]c1c([B])c([B])c(-n2c3ccccc3c3ccc4c5ccccc5[nH]c4c32)c([B])c1[B]. The number of nitrogens with zero attached hydrogens (tertiary/aromatic N) is 1. The Morgan fingerprint density at radius 2 is 1.13 bits per heavy atom. The first kappa shape index (κ1) is 18.6. The van der Waals surface area contributed by atoms with Crippen LogP contribution in [0.5, 0.6) is 0 Å². The lowest BCUT2D eigenvalue weighted by molar-refractivity contribution is 1.21. The molecule has 1 N–H and O–H groups in total. The van der Waals surface area contributed by atoms with Crippen molar-refractivity contribution in [2.24, 2.45) is 0 Å². The van der Waals surface area contributed by atoms with Gasteiger partial charge in [-0.3, -0.25) is 0 Å². The van der Waals surface area contributed by atoms with Gasteiger partial charge < -0.3 is 9.55 Å². The fourth-order valence-corrected chi connectivity index (χ4v) is 4.68. The van der Waals surface area contributed by atoms with E-state index < -0.39 is 0 Å². The smallest absolute Gasteiger partial charge is 0.115 e. The molecule has 0 atom stereocenters. The second kappa shape index (κ2) is 6.40. The molecule has 0 aliphatic heterocycles. The van der Waals surface area contributed by atoms with Crippen molar-refractivity contribution in [1.82, 2.24) is 9.55 Å². The predicted octanol–water partition coefficient (Wildman–Crippen LogP) is 0.387. The van der Waals surface area contributed by atoms with Crippen molar-refractivity contribution in [3.8, 4) is 5.69 Å². The van der Waals surface area contributed by atoms with Crippen LogP contribution in [0, 0.1) is 0 Å². The Hall–Kier alpha value is -3.20. The van der Waals surface area contributed by atoms with E-state index in [9.17, 15) is 0 Å². The van der Waals surface area contributed by atoms with Crippen LogP contribution < -0.4 is 27.3 Å². The number of fused-ring (bicyclic) bond motifs is 7. The molecule has 0 saturated heterocycles. The summed E-state index contributed by atoms with van der Waals surface area (Å²) in [6.45, 7) is 0. The fourth-order valence-electron chi connectivity index (χ4n) is 4.68. The van der Waals surface area contributed by atoms with E-state index >= 15 is 0 Å². The zero-order valence-electron chi connectivity index (χ0n) is 16.6. The van der Waals surface area contributed by atoms with Crippen LogP contribution in [0.3, 0.4) is 0 Å². The average Bonchev–Trinajstić information content (AvgIpc) is 3.33. The second-order valence-corrected chi connectivity index (χ2v) is 7.82. The summed E-state index contributed by atoms with van der Waals surface area (Å²) in [5, 5.41) is 4.41. The first-order valence-electron chi connectivity index (χ1n) is 9.93. The molecule has 0 amide bonds. The van der Waals surface area contributed by atoms with E-state index in [-0.39, 0.29) is 16.4 Å². The van der Waals surface area contributed by atoms with E-state index in [4.69, 9.17) is 39.2 Å². The Labute approximate surface area is 186 Å². The molecule has 0 bridgehead atoms. The first-order chi connectivity index (χ1) is 15.0. The number of aromatic nitrogens is 2. The Balaban J connectivity index is 1.92. The number of hydrogen-bond donors (Lipinski definition) is 1. The lowest BCUT2D eigenvalue weighted by Crippen LogP contribution is -2.56. The maximum atomic E-state index is 6.47. The maximum absolute atomic E-state index is 6.47. The molecular weight excluding hydrogens is 370 g/mol. The highest BCUT2D eigenvalue weighted by Crippen LogP contribution is 2.37. The van der Waals surface area contributed by atoms with Crippen LogP contribution in [-0.4, -0.2) is 48.8 Å². The third-order valence-corrected chi connectivity index (χ3v) is 6.21. The molecule has 0 aliphatic carbocycles. The zero-order chi connectivity index (χ0) is 21.4. The molecule has 0 saturated carbocycles. The number of rotatable bonds is 1. The molecule has 2 heterocycles. The molecule has 10 radical (unpaired) electrons. The molecular formula is C24H11B5N2. The maximum Gasteiger partial charge on any atom is 0.115 e. The van der Waals surface area contributed by atoms with Gasteiger partial charge in [0.25, 0.3) is 0 Å². The fraction of sp³-hybridized carbons (Fsp3) is 0. The van der Waals surface area contributed by atoms with Gasteiger partial charge in [-0.15, -0.1) is 16.4 Å². The van der Waals surface area contributed by atoms with Crippen LogP contribution >= 0.6 is 0 Å². The number of hydrogen-bond acceptors (Lipinski definition) is 0. The summed E-state index contributed by atoms with van der Waals surface area (Å²) in [4.78, 5) is 3.58. The molecule has 31 heavy (non-hydrogen) atoms. The van der Waals surface area contributed by atoms with E-state index in [1.165, 1.54) is 0 Å². The van der Waals surface area contributed by atoms with E-state index in [1.54, 1.807) is 0 Å². The molecule has 4 aromatic carbocycles. The van der Waals surface area contributed by atoms with Gasteiger partial charge in [0, 0.05) is 32.7 Å². The number of nitrogens with one attached hydrogen (secondary N) is 1. The summed E-state index contributed by atoms with van der Waals surface area (Å²) in [6, 6.07) is 20.6. The van der Waals surface area contributed by atoms with Crippen molar-refractivity contribution < 1.29 is 0 Å². The van der Waals surface area contributed by atoms with Crippen LogP contribution in [0.15, 0.2) is 60.7 Å². The van der Waals surface area contributed by atoms with Crippen LogP contribution in [0.25, 0.3) is 49.3 Å². The lowest BCUT2D eigenvalue weighted by Gasteiger charge is -2.23. The second-order valence-electron chi connectivity index (χ2n) is 7.82. The molecule has 6 rings (SSSR count). The summed E-state index contributed by atoms with van der Waals surface area (Å²) in [5.74, 6) is 0. The quantitative estimate of drug-likeness (QED) is 0.398. The highest BCUT2D eigenvalue weighted by atomic mass is 15.0. The molecule has 7 heteroatoms. The molecule has 0 fully saturated rings. The average molecular weight is 381 g/mol. The summed E-state index contributed by atoms with van der Waals surface area (Å²) >= 11 is 0. The van der Waals surface area contributed by atoms with Crippen molar-refractivity contribution in [2.75, 3.05) is 0 Å². The standard InChI is InChI=1S/C24H11B5N2/c25-17-18(26)20(28)24(21(29)19(17)27)31-16-8-4-2-6-12(16)14-10-9-13-11-5-1-3-7-15(11)30-22(13)23(14)31/h1-10,30H. The zero-order valence-corrected chi connectivity index (χ0v) is 16.6. The first-order valence-corrected chi connectivity index (χ1v) is 9.93. The van der Waals surface area contributed by atoms with Crippen molar-refractivity contribution >= 4 is 110 Å². The largest absolute Gasteiger partial charge is 0.353 e. The van der Waals surface area contributed by atoms with E-state index in [0.29, 0.717) is 16.6 Å². The van der Waals surface area contributed by atoms with E-state index in [2.05, 4.69) is 35.3 Å². The van der Waals surface area contributed by atoms with Crippen molar-refractivity contribution in [1.29, 1.82) is 0 Å². The number of H-pyrrole nitrogens is 1. The monoisotopic (exact) mass is 382 g/mol. The molecule has 132 valence electrons. The van der Waals surface area contributed by atoms with Gasteiger partial charge in [-0.05, 0) is 12.1 Å². The van der Waals surface area contributed by atoms with Gasteiger partial charge in [-0.25, -0.2) is 0 Å². The molecule has 6 aromatic rings. The minimum atomic E-state index is 0.204. The van der Waals surface area contributed by atoms with Gasteiger partial charge in [-0.2, -0.15) is 0 Å². The predicted molar refractivity (Wildman–Crippen MR) is 137 cm³/mol. The highest BCUT2D eigenvalue weighted by molar-refractivity contribution is 6.68. The Morgan fingerprint density at radius 3 is 1.87 bits per heavy atom. The van der Waals surface area contributed by atoms with Crippen molar-refractivity contribution in [3.05, 3.63) is 60.7 Å². The van der Waals surface area contributed by atoms with Gasteiger partial charge in [0.1, 0.15) is 39.2 Å². The van der Waals surface area contributed by atoms with Crippen LogP contribution in [-0.2, 0) is 0 Å². The minimum Gasteiger partial charge on any atom is -0.353 e. The minimum absolute atomic E-state index is 0.204. The molecule has 0 spiro atoms. The Bertz CT molecular complexity index is 1660. The molecule has 0 aliphatic rings. The van der Waals surface area contributed by atoms with E-state index in [1.807, 2.05) is 34.9 Å². The third kappa shape index (κ3) is 2.35. The lowest BCUT2D eigenvalue weighted by atomic mass is 9.61. The summed E-state index contributed by atoms with van der Waals surface area (Å²) in [7, 11) is 31.4. The van der Waals surface area contributed by atoms with Crippen LogP contribution in [0.1, 0.15) is 0 Å². The highest BCUT2D eigenvalue weighted by Gasteiger charge is 2.20. The van der Waals surface area contributed by atoms with Gasteiger partial charge >= 0.3 is 0 Å². The summed E-state index contributed by atoms with van der Waals surface area (Å²) in [6.07, 6.45) is 0. The molecule has 2 nitrogen and oxygen atoms in total. The summed E-state index contributed by atoms with van der Waals surface area (Å²) < 4.78 is 2.04. The van der Waals surface area contributed by atoms with Crippen LogP contribution in [0.2, 0.25) is 0 Å². The normalized spacial score (nSPS) is 11.9. The van der Waals surface area contributed by atoms with Crippen molar-refractivity contribution in [3.63, 3.8) is 0 Å². The van der Waals surface area contributed by atoms with Gasteiger partial charge in [0.2, 0.25) is 0 Å². The Kier molecular flexibility index (Phi) is 3.83. The van der Waals surface area contributed by atoms with E-state index in [0.717, 1.165) is 43.6 Å². The number of aromatic amines is 1. The number of para-hydroxylation sites is 2. The molecule has 2 aromatic heterocycles. The number of benzene rings is 4. The van der Waals surface area contributed by atoms with Gasteiger partial charge in [0.05, 0.1) is 16.6 Å². The topological polar surface area (TPSA) is 20.7 Å². The molecule has 0 unspecified atom stereocenters. The van der Waals surface area contributed by atoms with Crippen LogP contribution in [0.4, 0.5) is 0 Å². The summed E-state index contributed by atoms with van der Waals surface area (Å²) in [5.41, 5.74) is 5.77. The van der Waals surface area contributed by atoms with Gasteiger partial charge in [0.15, 0.2) is 0 Å². The van der Waals surface area contributed by atoms with Gasteiger partial charge in [-0.1, -0.05) is 59.5 Å².